The van der Waals surface area contributed by atoms with Gasteiger partial charge in [0.2, 0.25) is 11.8 Å². The van der Waals surface area contributed by atoms with E-state index in [0.29, 0.717) is 38.8 Å². The Kier molecular flexibility index (Phi) is 12.6. The van der Waals surface area contributed by atoms with Gasteiger partial charge in [-0.05, 0) is 47.4 Å². The van der Waals surface area contributed by atoms with E-state index in [1.54, 1.807) is 29.2 Å². The molecule has 3 aromatic rings. The first-order chi connectivity index (χ1) is 18.3. The van der Waals surface area contributed by atoms with Gasteiger partial charge in [-0.15, -0.1) is 11.8 Å². The summed E-state index contributed by atoms with van der Waals surface area (Å²) in [6.45, 7) is 2.85. The summed E-state index contributed by atoms with van der Waals surface area (Å²) in [5, 5.41) is 4.82. The summed E-state index contributed by atoms with van der Waals surface area (Å²) < 4.78 is 0. The number of hydrogen-bond donors (Lipinski definition) is 1. The zero-order valence-electron chi connectivity index (χ0n) is 21.1. The van der Waals surface area contributed by atoms with Crippen LogP contribution in [0.1, 0.15) is 36.5 Å². The van der Waals surface area contributed by atoms with Crippen LogP contribution in [-0.2, 0) is 28.3 Å². The molecule has 202 valence electrons. The standard InChI is InChI=1S/C29H30Cl4N2O2S/c1-2-3-13-34-29(37)27(16-20-7-5-4-6-8-20)35(17-21-9-11-23(30)25(32)14-21)28(36)19-38-18-22-10-12-24(31)26(33)15-22/h4-12,14-15,27H,2-3,13,16-19H2,1H3,(H,34,37)/t27-/m0/s1. The minimum absolute atomic E-state index is 0.146. The fourth-order valence-corrected chi connectivity index (χ4v) is 5.36. The van der Waals surface area contributed by atoms with Crippen LogP contribution in [0.4, 0.5) is 0 Å². The predicted octanol–water partition coefficient (Wildman–Crippen LogP) is 8.09. The van der Waals surface area contributed by atoms with E-state index < -0.39 is 6.04 Å². The smallest absolute Gasteiger partial charge is 0.243 e. The lowest BCUT2D eigenvalue weighted by Crippen LogP contribution is -2.51. The van der Waals surface area contributed by atoms with Crippen molar-refractivity contribution in [2.24, 2.45) is 0 Å². The topological polar surface area (TPSA) is 49.4 Å². The first-order valence-electron chi connectivity index (χ1n) is 12.3. The van der Waals surface area contributed by atoms with Crippen LogP contribution in [0.25, 0.3) is 0 Å². The number of unbranched alkanes of at least 4 members (excludes halogenated alkanes) is 1. The van der Waals surface area contributed by atoms with Gasteiger partial charge in [0.1, 0.15) is 6.04 Å². The summed E-state index contributed by atoms with van der Waals surface area (Å²) in [4.78, 5) is 28.8. The Bertz CT molecular complexity index is 1230. The van der Waals surface area contributed by atoms with Gasteiger partial charge < -0.3 is 10.2 Å². The van der Waals surface area contributed by atoms with Crippen LogP contribution in [0.5, 0.6) is 0 Å². The molecule has 1 atom stereocenters. The van der Waals surface area contributed by atoms with Gasteiger partial charge in [-0.25, -0.2) is 0 Å². The number of carbonyl (C=O) groups is 2. The number of hydrogen-bond acceptors (Lipinski definition) is 3. The van der Waals surface area contributed by atoms with E-state index in [2.05, 4.69) is 12.2 Å². The Hall–Kier alpha value is -1.89. The third kappa shape index (κ3) is 9.39. The third-order valence-corrected chi connectivity index (χ3v) is 8.38. The fraction of sp³-hybridized carbons (Fsp3) is 0.310. The molecular formula is C29H30Cl4N2O2S. The summed E-state index contributed by atoms with van der Waals surface area (Å²) in [5.41, 5.74) is 2.73. The van der Waals surface area contributed by atoms with Gasteiger partial charge >= 0.3 is 0 Å². The molecule has 0 aliphatic heterocycles. The second-order valence-corrected chi connectivity index (χ2v) is 11.5. The molecule has 0 heterocycles. The van der Waals surface area contributed by atoms with Crippen molar-refractivity contribution in [3.05, 3.63) is 104 Å². The lowest BCUT2D eigenvalue weighted by atomic mass is 10.0. The van der Waals surface area contributed by atoms with Crippen molar-refractivity contribution in [2.75, 3.05) is 12.3 Å². The van der Waals surface area contributed by atoms with Crippen molar-refractivity contribution < 1.29 is 9.59 Å². The van der Waals surface area contributed by atoms with Gasteiger partial charge in [0.05, 0.1) is 25.8 Å². The van der Waals surface area contributed by atoms with Crippen molar-refractivity contribution in [2.45, 2.75) is 44.5 Å². The van der Waals surface area contributed by atoms with Crippen LogP contribution < -0.4 is 5.32 Å². The average molecular weight is 612 g/mol. The zero-order valence-corrected chi connectivity index (χ0v) is 24.9. The highest BCUT2D eigenvalue weighted by Gasteiger charge is 2.30. The molecule has 9 heteroatoms. The van der Waals surface area contributed by atoms with Gasteiger partial charge in [-0.3, -0.25) is 9.59 Å². The van der Waals surface area contributed by atoms with Gasteiger partial charge in [0.25, 0.3) is 0 Å². The molecule has 38 heavy (non-hydrogen) atoms. The number of nitrogens with zero attached hydrogens (tertiary/aromatic N) is 1. The van der Waals surface area contributed by atoms with Crippen LogP contribution >= 0.6 is 58.2 Å². The van der Waals surface area contributed by atoms with Crippen molar-refractivity contribution >= 4 is 70.0 Å². The molecule has 0 radical (unpaired) electrons. The molecule has 0 saturated heterocycles. The number of thioether (sulfide) groups is 1. The Morgan fingerprint density at radius 1 is 0.842 bits per heavy atom. The average Bonchev–Trinajstić information content (AvgIpc) is 2.90. The normalized spacial score (nSPS) is 11.7. The molecule has 0 aromatic heterocycles. The molecule has 0 unspecified atom stereocenters. The molecule has 3 rings (SSSR count). The molecule has 0 aliphatic carbocycles. The largest absolute Gasteiger partial charge is 0.354 e. The van der Waals surface area contributed by atoms with Crippen molar-refractivity contribution in [3.63, 3.8) is 0 Å². The Morgan fingerprint density at radius 2 is 1.47 bits per heavy atom. The van der Waals surface area contributed by atoms with Crippen LogP contribution in [0.2, 0.25) is 20.1 Å². The van der Waals surface area contributed by atoms with Crippen molar-refractivity contribution in [1.29, 1.82) is 0 Å². The summed E-state index contributed by atoms with van der Waals surface area (Å²) in [5.74, 6) is 0.447. The lowest BCUT2D eigenvalue weighted by molar-refractivity contribution is -0.139. The summed E-state index contributed by atoms with van der Waals surface area (Å²) in [7, 11) is 0. The molecule has 0 aliphatic rings. The number of benzene rings is 3. The highest BCUT2D eigenvalue weighted by atomic mass is 35.5. The van der Waals surface area contributed by atoms with Crippen LogP contribution in [-0.4, -0.2) is 35.1 Å². The number of nitrogens with one attached hydrogen (secondary N) is 1. The Labute approximate surface area is 249 Å². The number of halogens is 4. The highest BCUT2D eigenvalue weighted by Crippen LogP contribution is 2.26. The first kappa shape index (κ1) is 30.6. The summed E-state index contributed by atoms with van der Waals surface area (Å²) in [6.07, 6.45) is 2.22. The first-order valence-corrected chi connectivity index (χ1v) is 15.0. The Morgan fingerprint density at radius 3 is 2.11 bits per heavy atom. The maximum atomic E-state index is 13.7. The van der Waals surface area contributed by atoms with E-state index in [4.69, 9.17) is 46.4 Å². The van der Waals surface area contributed by atoms with Crippen molar-refractivity contribution in [1.82, 2.24) is 10.2 Å². The fourth-order valence-electron chi connectivity index (χ4n) is 3.86. The minimum atomic E-state index is -0.693. The van der Waals surface area contributed by atoms with E-state index in [0.717, 1.165) is 29.5 Å². The van der Waals surface area contributed by atoms with Crippen LogP contribution in [0.15, 0.2) is 66.7 Å². The molecule has 4 nitrogen and oxygen atoms in total. The molecular weight excluding hydrogens is 582 g/mol. The second-order valence-electron chi connectivity index (χ2n) is 8.86. The molecule has 2 amide bonds. The quantitative estimate of drug-likeness (QED) is 0.199. The van der Waals surface area contributed by atoms with Crippen LogP contribution in [0.3, 0.4) is 0 Å². The lowest BCUT2D eigenvalue weighted by Gasteiger charge is -2.31. The van der Waals surface area contributed by atoms with E-state index >= 15 is 0 Å². The maximum Gasteiger partial charge on any atom is 0.243 e. The molecule has 3 aromatic carbocycles. The van der Waals surface area contributed by atoms with Gasteiger partial charge in [-0.2, -0.15) is 0 Å². The van der Waals surface area contributed by atoms with Crippen molar-refractivity contribution in [3.8, 4) is 0 Å². The summed E-state index contributed by atoms with van der Waals surface area (Å²) in [6, 6.07) is 19.7. The van der Waals surface area contributed by atoms with E-state index in [-0.39, 0.29) is 24.1 Å². The summed E-state index contributed by atoms with van der Waals surface area (Å²) >= 11 is 26.0. The van der Waals surface area contributed by atoms with Gasteiger partial charge in [-0.1, -0.05) is 102 Å². The predicted molar refractivity (Wildman–Crippen MR) is 161 cm³/mol. The monoisotopic (exact) mass is 610 g/mol. The number of carbonyl (C=O) groups excluding carboxylic acids is 2. The van der Waals surface area contributed by atoms with Gasteiger partial charge in [0.15, 0.2) is 0 Å². The number of rotatable bonds is 13. The zero-order chi connectivity index (χ0) is 27.5. The minimum Gasteiger partial charge on any atom is -0.354 e. The highest BCUT2D eigenvalue weighted by molar-refractivity contribution is 7.99. The second kappa shape index (κ2) is 15.6. The van der Waals surface area contributed by atoms with Crippen LogP contribution in [0, 0.1) is 0 Å². The molecule has 0 spiro atoms. The molecule has 0 fully saturated rings. The third-order valence-electron chi connectivity index (χ3n) is 5.92. The van der Waals surface area contributed by atoms with E-state index in [1.807, 2.05) is 42.5 Å². The SMILES string of the molecule is CCCCNC(=O)[C@H](Cc1ccccc1)N(Cc1ccc(Cl)c(Cl)c1)C(=O)CSCc1ccc(Cl)c(Cl)c1. The molecule has 0 saturated carbocycles. The number of amides is 2. The van der Waals surface area contributed by atoms with Gasteiger partial charge in [0, 0.05) is 25.3 Å². The van der Waals surface area contributed by atoms with E-state index in [1.165, 1.54) is 11.8 Å². The Balaban J connectivity index is 1.85. The molecule has 0 bridgehead atoms. The van der Waals surface area contributed by atoms with E-state index in [9.17, 15) is 9.59 Å². The molecule has 1 N–H and O–H groups in total. The maximum absolute atomic E-state index is 13.7.